The Balaban J connectivity index is 1.42. The van der Waals surface area contributed by atoms with E-state index in [0.29, 0.717) is 16.9 Å². The summed E-state index contributed by atoms with van der Waals surface area (Å²) in [7, 11) is 0. The van der Waals surface area contributed by atoms with Crippen molar-refractivity contribution in [3.8, 4) is 5.75 Å². The fourth-order valence-electron chi connectivity index (χ4n) is 4.01. The highest BCUT2D eigenvalue weighted by Gasteiger charge is 2.17. The van der Waals surface area contributed by atoms with Crippen LogP contribution in [0.4, 0.5) is 0 Å². The second-order valence-electron chi connectivity index (χ2n) is 8.00. The molecule has 0 heterocycles. The molecule has 1 amide bonds. The molecule has 4 nitrogen and oxygen atoms in total. The van der Waals surface area contributed by atoms with E-state index in [1.165, 1.54) is 24.0 Å². The number of nitrogens with one attached hydrogen (secondary N) is 1. The Kier molecular flexibility index (Phi) is 6.46. The first kappa shape index (κ1) is 20.9. The van der Waals surface area contributed by atoms with E-state index in [-0.39, 0.29) is 24.3 Å². The summed E-state index contributed by atoms with van der Waals surface area (Å²) >= 11 is 0. The van der Waals surface area contributed by atoms with E-state index in [1.54, 1.807) is 24.3 Å². The van der Waals surface area contributed by atoms with Crippen molar-refractivity contribution in [3.05, 3.63) is 101 Å². The second kappa shape index (κ2) is 9.61. The van der Waals surface area contributed by atoms with E-state index in [2.05, 4.69) is 11.4 Å². The Labute approximate surface area is 183 Å². The Morgan fingerprint density at radius 1 is 0.903 bits per heavy atom. The maximum Gasteiger partial charge on any atom is 0.255 e. The Hall–Kier alpha value is -3.40. The van der Waals surface area contributed by atoms with Crippen LogP contribution in [0, 0.1) is 0 Å². The zero-order valence-electron chi connectivity index (χ0n) is 17.8. The Morgan fingerprint density at radius 3 is 2.42 bits per heavy atom. The van der Waals surface area contributed by atoms with Crippen LogP contribution < -0.4 is 10.1 Å². The van der Waals surface area contributed by atoms with Crippen LogP contribution in [0.2, 0.25) is 0 Å². The standard InChI is InChI=1S/C27H27NO3/c1-19(20-9-3-2-4-10-20)28-27(30)24-13-7-8-14-26(24)31-18-25(29)23-16-15-21-11-5-6-12-22(21)17-23/h2-4,7-10,13-17,19H,5-6,11-12,18H2,1H3,(H,28,30)/t19-/m1/s1. The van der Waals surface area contributed by atoms with Gasteiger partial charge in [-0.1, -0.05) is 54.6 Å². The van der Waals surface area contributed by atoms with Crippen molar-refractivity contribution < 1.29 is 14.3 Å². The van der Waals surface area contributed by atoms with Gasteiger partial charge in [-0.2, -0.15) is 0 Å². The third kappa shape index (κ3) is 5.02. The van der Waals surface area contributed by atoms with Crippen LogP contribution in [0.3, 0.4) is 0 Å². The maximum absolute atomic E-state index is 12.8. The Morgan fingerprint density at radius 2 is 1.61 bits per heavy atom. The van der Waals surface area contributed by atoms with Gasteiger partial charge in [-0.3, -0.25) is 9.59 Å². The summed E-state index contributed by atoms with van der Waals surface area (Å²) in [5.74, 6) is 0.0981. The molecule has 31 heavy (non-hydrogen) atoms. The number of ether oxygens (including phenoxy) is 1. The fraction of sp³-hybridized carbons (Fsp3) is 0.259. The first-order valence-corrected chi connectivity index (χ1v) is 10.8. The lowest BCUT2D eigenvalue weighted by atomic mass is 9.90. The minimum absolute atomic E-state index is 0.0822. The SMILES string of the molecule is C[C@@H](NC(=O)c1ccccc1OCC(=O)c1ccc2c(c1)CCCC2)c1ccccc1. The van der Waals surface area contributed by atoms with Gasteiger partial charge in [0.15, 0.2) is 12.4 Å². The lowest BCUT2D eigenvalue weighted by Crippen LogP contribution is -2.27. The normalized spacial score (nSPS) is 13.7. The monoisotopic (exact) mass is 413 g/mol. The second-order valence-corrected chi connectivity index (χ2v) is 8.00. The highest BCUT2D eigenvalue weighted by Crippen LogP contribution is 2.23. The number of carbonyl (C=O) groups is 2. The molecule has 1 atom stereocenters. The van der Waals surface area contributed by atoms with E-state index in [4.69, 9.17) is 4.74 Å². The molecule has 4 rings (SSSR count). The molecule has 3 aromatic rings. The number of amides is 1. The average Bonchev–Trinajstić information content (AvgIpc) is 2.82. The van der Waals surface area contributed by atoms with Gasteiger partial charge in [0.05, 0.1) is 11.6 Å². The molecule has 0 spiro atoms. The lowest BCUT2D eigenvalue weighted by molar-refractivity contribution is 0.0899. The van der Waals surface area contributed by atoms with Gasteiger partial charge in [-0.05, 0) is 67.5 Å². The third-order valence-electron chi connectivity index (χ3n) is 5.81. The van der Waals surface area contributed by atoms with Crippen molar-refractivity contribution in [1.82, 2.24) is 5.32 Å². The number of carbonyl (C=O) groups excluding carboxylic acids is 2. The highest BCUT2D eigenvalue weighted by molar-refractivity contribution is 5.99. The van der Waals surface area contributed by atoms with Crippen molar-refractivity contribution in [3.63, 3.8) is 0 Å². The van der Waals surface area contributed by atoms with Crippen LogP contribution in [0.25, 0.3) is 0 Å². The largest absolute Gasteiger partial charge is 0.485 e. The molecule has 3 aromatic carbocycles. The van der Waals surface area contributed by atoms with Gasteiger partial charge in [0.25, 0.3) is 5.91 Å². The number of fused-ring (bicyclic) bond motifs is 1. The van der Waals surface area contributed by atoms with Crippen LogP contribution in [0.1, 0.15) is 63.2 Å². The van der Waals surface area contributed by atoms with Crippen LogP contribution >= 0.6 is 0 Å². The highest BCUT2D eigenvalue weighted by atomic mass is 16.5. The molecule has 1 N–H and O–H groups in total. The molecule has 0 saturated carbocycles. The van der Waals surface area contributed by atoms with Crippen molar-refractivity contribution >= 4 is 11.7 Å². The summed E-state index contributed by atoms with van der Waals surface area (Å²) < 4.78 is 5.80. The quantitative estimate of drug-likeness (QED) is 0.534. The molecule has 1 aliphatic rings. The molecule has 0 radical (unpaired) electrons. The average molecular weight is 414 g/mol. The number of ketones is 1. The van der Waals surface area contributed by atoms with Crippen molar-refractivity contribution in [1.29, 1.82) is 0 Å². The Bertz CT molecular complexity index is 1070. The van der Waals surface area contributed by atoms with Gasteiger partial charge >= 0.3 is 0 Å². The summed E-state index contributed by atoms with van der Waals surface area (Å²) in [5, 5.41) is 3.00. The summed E-state index contributed by atoms with van der Waals surface area (Å²) in [6, 6.07) is 22.6. The number of hydrogen-bond acceptors (Lipinski definition) is 3. The fourth-order valence-corrected chi connectivity index (χ4v) is 4.01. The molecule has 0 aromatic heterocycles. The van der Waals surface area contributed by atoms with Gasteiger partial charge in [0.2, 0.25) is 0 Å². The molecule has 0 unspecified atom stereocenters. The van der Waals surface area contributed by atoms with Crippen molar-refractivity contribution in [2.24, 2.45) is 0 Å². The van der Waals surface area contributed by atoms with Crippen LogP contribution in [-0.2, 0) is 12.8 Å². The van der Waals surface area contributed by atoms with Gasteiger partial charge in [0.1, 0.15) is 5.75 Å². The van der Waals surface area contributed by atoms with E-state index >= 15 is 0 Å². The summed E-state index contributed by atoms with van der Waals surface area (Å²) in [6.45, 7) is 1.84. The number of rotatable bonds is 7. The van der Waals surface area contributed by atoms with E-state index in [1.807, 2.05) is 49.4 Å². The molecule has 0 fully saturated rings. The van der Waals surface area contributed by atoms with E-state index in [9.17, 15) is 9.59 Å². The zero-order valence-corrected chi connectivity index (χ0v) is 17.8. The number of aryl methyl sites for hydroxylation is 2. The van der Waals surface area contributed by atoms with E-state index in [0.717, 1.165) is 18.4 Å². The van der Waals surface area contributed by atoms with Gasteiger partial charge in [-0.15, -0.1) is 0 Å². The molecule has 0 saturated heterocycles. The van der Waals surface area contributed by atoms with E-state index < -0.39 is 0 Å². The summed E-state index contributed by atoms with van der Waals surface area (Å²) in [4.78, 5) is 25.6. The van der Waals surface area contributed by atoms with Crippen LogP contribution in [0.5, 0.6) is 5.75 Å². The lowest BCUT2D eigenvalue weighted by Gasteiger charge is -2.17. The smallest absolute Gasteiger partial charge is 0.255 e. The molecule has 0 bridgehead atoms. The number of benzene rings is 3. The minimum Gasteiger partial charge on any atom is -0.485 e. The van der Waals surface area contributed by atoms with Gasteiger partial charge in [0, 0.05) is 5.56 Å². The zero-order chi connectivity index (χ0) is 21.6. The first-order valence-electron chi connectivity index (χ1n) is 10.8. The molecular formula is C27H27NO3. The maximum atomic E-state index is 12.8. The third-order valence-corrected chi connectivity index (χ3v) is 5.81. The molecule has 1 aliphatic carbocycles. The van der Waals surface area contributed by atoms with Crippen molar-refractivity contribution in [2.75, 3.05) is 6.61 Å². The van der Waals surface area contributed by atoms with Crippen molar-refractivity contribution in [2.45, 2.75) is 38.6 Å². The van der Waals surface area contributed by atoms with Crippen LogP contribution in [0.15, 0.2) is 72.8 Å². The minimum atomic E-state index is -0.229. The molecule has 0 aliphatic heterocycles. The van der Waals surface area contributed by atoms with Gasteiger partial charge < -0.3 is 10.1 Å². The van der Waals surface area contributed by atoms with Gasteiger partial charge in [-0.25, -0.2) is 0 Å². The first-order chi connectivity index (χ1) is 15.1. The van der Waals surface area contributed by atoms with Crippen LogP contribution in [-0.4, -0.2) is 18.3 Å². The summed E-state index contributed by atoms with van der Waals surface area (Å²) in [6.07, 6.45) is 4.50. The number of Topliss-reactive ketones (excluding diaryl/α,β-unsaturated/α-hetero) is 1. The molecule has 4 heteroatoms. The molecule has 158 valence electrons. The number of para-hydroxylation sites is 1. The molecular weight excluding hydrogens is 386 g/mol. The predicted octanol–water partition coefficient (Wildman–Crippen LogP) is 5.32. The summed E-state index contributed by atoms with van der Waals surface area (Å²) in [5.41, 5.74) is 4.73. The predicted molar refractivity (Wildman–Crippen MR) is 122 cm³/mol. The topological polar surface area (TPSA) is 55.4 Å². The number of hydrogen-bond donors (Lipinski definition) is 1.